The van der Waals surface area contributed by atoms with E-state index in [0.717, 1.165) is 12.1 Å². The Morgan fingerprint density at radius 2 is 1.52 bits per heavy atom. The Bertz CT molecular complexity index is 674. The summed E-state index contributed by atoms with van der Waals surface area (Å²) in [6.45, 7) is 5.16. The van der Waals surface area contributed by atoms with Gasteiger partial charge in [-0.1, -0.05) is 67.6 Å². The number of imide groups is 1. The van der Waals surface area contributed by atoms with Crippen molar-refractivity contribution in [3.05, 3.63) is 71.8 Å². The molecule has 4 N–H and O–H groups in total. The van der Waals surface area contributed by atoms with E-state index in [1.54, 1.807) is 0 Å². The molecule has 0 bridgehead atoms. The van der Waals surface area contributed by atoms with Gasteiger partial charge in [0.15, 0.2) is 6.04 Å². The highest BCUT2D eigenvalue weighted by atomic mass is 16.2. The van der Waals surface area contributed by atoms with Gasteiger partial charge in [-0.05, 0) is 12.5 Å². The van der Waals surface area contributed by atoms with E-state index < -0.39 is 12.1 Å². The Morgan fingerprint density at radius 3 is 2.08 bits per heavy atom. The van der Waals surface area contributed by atoms with Crippen LogP contribution in [0.2, 0.25) is 0 Å². The summed E-state index contributed by atoms with van der Waals surface area (Å²) in [5, 5.41) is 7.00. The molecule has 2 rings (SSSR count). The molecule has 0 saturated heterocycles. The van der Waals surface area contributed by atoms with Gasteiger partial charge in [-0.15, -0.1) is 0 Å². The Labute approximate surface area is 148 Å². The lowest BCUT2D eigenvalue weighted by Crippen LogP contribution is -2.88. The van der Waals surface area contributed by atoms with Crippen molar-refractivity contribution in [1.82, 2.24) is 10.6 Å². The van der Waals surface area contributed by atoms with Crippen LogP contribution in [0.5, 0.6) is 0 Å². The average Bonchev–Trinajstić information content (AvgIpc) is 2.63. The fraction of sp³-hybridized carbons (Fsp3) is 0.300. The minimum absolute atomic E-state index is 0.296. The Balaban J connectivity index is 2.07. The quantitative estimate of drug-likeness (QED) is 0.720. The second-order valence-corrected chi connectivity index (χ2v) is 6.02. The summed E-state index contributed by atoms with van der Waals surface area (Å²) in [4.78, 5) is 24.3. The number of nitrogens with two attached hydrogens (primary N) is 1. The Hall–Kier alpha value is -2.66. The molecule has 0 spiro atoms. The molecule has 0 fully saturated rings. The third-order valence-electron chi connectivity index (χ3n) is 4.11. The number of urea groups is 1. The maximum absolute atomic E-state index is 12.6. The van der Waals surface area contributed by atoms with Gasteiger partial charge in [0.1, 0.15) is 0 Å². The minimum Gasteiger partial charge on any atom is -0.338 e. The summed E-state index contributed by atoms with van der Waals surface area (Å²) >= 11 is 0. The van der Waals surface area contributed by atoms with E-state index in [2.05, 4.69) is 29.7 Å². The van der Waals surface area contributed by atoms with Crippen LogP contribution in [0.1, 0.15) is 36.9 Å². The second kappa shape index (κ2) is 9.59. The average molecular weight is 340 g/mol. The van der Waals surface area contributed by atoms with Crippen molar-refractivity contribution in [3.8, 4) is 0 Å². The monoisotopic (exact) mass is 340 g/mol. The first kappa shape index (κ1) is 18.7. The number of carbonyl (C=O) groups excluding carboxylic acids is 2. The fourth-order valence-electron chi connectivity index (χ4n) is 2.71. The molecule has 3 amide bonds. The molecule has 0 aliphatic rings. The molecule has 2 atom stereocenters. The van der Waals surface area contributed by atoms with Crippen molar-refractivity contribution in [1.29, 1.82) is 0 Å². The van der Waals surface area contributed by atoms with E-state index >= 15 is 0 Å². The smallest absolute Gasteiger partial charge is 0.321 e. The van der Waals surface area contributed by atoms with Crippen LogP contribution in [-0.2, 0) is 4.79 Å². The lowest BCUT2D eigenvalue weighted by atomic mass is 10.00. The number of amides is 3. The highest BCUT2D eigenvalue weighted by Crippen LogP contribution is 2.13. The maximum atomic E-state index is 12.6. The van der Waals surface area contributed by atoms with Gasteiger partial charge in [-0.3, -0.25) is 10.1 Å². The molecule has 0 unspecified atom stereocenters. The van der Waals surface area contributed by atoms with Crippen LogP contribution >= 0.6 is 0 Å². The minimum atomic E-state index is -0.463. The zero-order valence-corrected chi connectivity index (χ0v) is 14.7. The fourth-order valence-corrected chi connectivity index (χ4v) is 2.71. The van der Waals surface area contributed by atoms with Crippen LogP contribution in [0.4, 0.5) is 4.79 Å². The maximum Gasteiger partial charge on any atom is 0.321 e. The molecule has 0 aliphatic carbocycles. The summed E-state index contributed by atoms with van der Waals surface area (Å²) in [6, 6.07) is 18.8. The van der Waals surface area contributed by atoms with Gasteiger partial charge in [-0.2, -0.15) is 0 Å². The predicted molar refractivity (Wildman–Crippen MR) is 98.0 cm³/mol. The number of benzene rings is 2. The van der Waals surface area contributed by atoms with Crippen LogP contribution < -0.4 is 16.0 Å². The van der Waals surface area contributed by atoms with Crippen LogP contribution in [0, 0.1) is 0 Å². The summed E-state index contributed by atoms with van der Waals surface area (Å²) in [5.74, 6) is -0.0120. The third-order valence-corrected chi connectivity index (χ3v) is 4.11. The summed E-state index contributed by atoms with van der Waals surface area (Å²) < 4.78 is 0. The van der Waals surface area contributed by atoms with Gasteiger partial charge in [0.05, 0.1) is 6.54 Å². The molecule has 5 nitrogen and oxygen atoms in total. The van der Waals surface area contributed by atoms with Gasteiger partial charge in [0.25, 0.3) is 5.91 Å². The van der Waals surface area contributed by atoms with Crippen LogP contribution in [0.3, 0.4) is 0 Å². The third kappa shape index (κ3) is 5.72. The lowest BCUT2D eigenvalue weighted by molar-refractivity contribution is -0.684. The molecule has 2 aromatic carbocycles. The number of nitrogens with one attached hydrogen (secondary N) is 2. The highest BCUT2D eigenvalue weighted by Gasteiger charge is 2.26. The number of quaternary nitrogens is 1. The normalized spacial score (nSPS) is 12.9. The van der Waals surface area contributed by atoms with Crippen molar-refractivity contribution in [2.75, 3.05) is 13.1 Å². The number of hydrogen-bond acceptors (Lipinski definition) is 2. The molecular weight excluding hydrogens is 314 g/mol. The van der Waals surface area contributed by atoms with Gasteiger partial charge >= 0.3 is 6.03 Å². The van der Waals surface area contributed by atoms with Crippen LogP contribution in [0.25, 0.3) is 0 Å². The number of carbonyl (C=O) groups is 2. The number of rotatable bonds is 7. The SMILES string of the molecule is CCNC(=O)NC(=O)[C@@H]([NH2+]C[C@@H](C)c1ccccc1)c1ccccc1. The van der Waals surface area contributed by atoms with Gasteiger partial charge < -0.3 is 10.6 Å². The highest BCUT2D eigenvalue weighted by molar-refractivity contribution is 5.96. The van der Waals surface area contributed by atoms with Gasteiger partial charge in [0.2, 0.25) is 0 Å². The molecule has 2 aromatic rings. The molecule has 25 heavy (non-hydrogen) atoms. The predicted octanol–water partition coefficient (Wildman–Crippen LogP) is 1.94. The van der Waals surface area contributed by atoms with Crippen molar-refractivity contribution < 1.29 is 14.9 Å². The standard InChI is InChI=1S/C20H25N3O2/c1-3-21-20(25)23-19(24)18(17-12-8-5-9-13-17)22-14-15(2)16-10-6-4-7-11-16/h4-13,15,18,22H,3,14H2,1-2H3,(H2,21,23,24,25)/p+1/t15-,18+/m1/s1. The van der Waals surface area contributed by atoms with E-state index in [-0.39, 0.29) is 5.91 Å². The molecule has 0 aliphatic heterocycles. The zero-order valence-electron chi connectivity index (χ0n) is 14.7. The topological polar surface area (TPSA) is 74.8 Å². The summed E-state index contributed by atoms with van der Waals surface area (Å²) in [5.41, 5.74) is 2.11. The van der Waals surface area contributed by atoms with Crippen molar-refractivity contribution in [2.24, 2.45) is 0 Å². The molecule has 5 heteroatoms. The summed E-state index contributed by atoms with van der Waals surface area (Å²) in [7, 11) is 0. The largest absolute Gasteiger partial charge is 0.338 e. The molecule has 132 valence electrons. The van der Waals surface area contributed by atoms with Gasteiger partial charge in [-0.25, -0.2) is 4.79 Å². The van der Waals surface area contributed by atoms with E-state index in [1.807, 2.05) is 60.8 Å². The molecule has 0 saturated carbocycles. The van der Waals surface area contributed by atoms with Crippen molar-refractivity contribution >= 4 is 11.9 Å². The Kier molecular flexibility index (Phi) is 7.16. The van der Waals surface area contributed by atoms with Crippen LogP contribution in [-0.4, -0.2) is 25.0 Å². The van der Waals surface area contributed by atoms with E-state index in [1.165, 1.54) is 5.56 Å². The first-order valence-electron chi connectivity index (χ1n) is 8.63. The molecule has 0 aromatic heterocycles. The van der Waals surface area contributed by atoms with E-state index in [9.17, 15) is 9.59 Å². The van der Waals surface area contributed by atoms with Gasteiger partial charge in [0, 0.05) is 18.0 Å². The molecule has 0 radical (unpaired) electrons. The number of hydrogen-bond donors (Lipinski definition) is 3. The van der Waals surface area contributed by atoms with E-state index in [0.29, 0.717) is 12.5 Å². The second-order valence-electron chi connectivity index (χ2n) is 6.02. The van der Waals surface area contributed by atoms with Crippen molar-refractivity contribution in [3.63, 3.8) is 0 Å². The first-order chi connectivity index (χ1) is 12.1. The zero-order chi connectivity index (χ0) is 18.1. The van der Waals surface area contributed by atoms with E-state index in [4.69, 9.17) is 0 Å². The first-order valence-corrected chi connectivity index (χ1v) is 8.63. The summed E-state index contributed by atoms with van der Waals surface area (Å²) in [6.07, 6.45) is 0. The molecule has 0 heterocycles. The van der Waals surface area contributed by atoms with Crippen LogP contribution in [0.15, 0.2) is 60.7 Å². The lowest BCUT2D eigenvalue weighted by Gasteiger charge is -2.18. The van der Waals surface area contributed by atoms with Crippen molar-refractivity contribution in [2.45, 2.75) is 25.8 Å². The molecular formula is C20H26N3O2+. The Morgan fingerprint density at radius 1 is 0.960 bits per heavy atom.